The Labute approximate surface area is 268 Å². The lowest BCUT2D eigenvalue weighted by molar-refractivity contribution is -0.137. The number of nitrogens with zero attached hydrogens (tertiary/aromatic N) is 4. The Morgan fingerprint density at radius 2 is 1.68 bits per heavy atom. The number of benzene rings is 4. The SMILES string of the molecule is [N-]=[N+]=Nc1ccccc1[C@@H]1OC(c2ccc(OCCCO)cc2)=N[C@]1(Cc1ccccc1)C(=O)NNCc1ccc(C(F)(F)F)cc1. The lowest BCUT2D eigenvalue weighted by Crippen LogP contribution is -2.53. The highest BCUT2D eigenvalue weighted by Crippen LogP contribution is 2.45. The van der Waals surface area contributed by atoms with Gasteiger partial charge in [-0.15, -0.1) is 0 Å². The van der Waals surface area contributed by atoms with Crippen molar-refractivity contribution in [1.29, 1.82) is 0 Å². The number of hydrogen-bond donors (Lipinski definition) is 3. The van der Waals surface area contributed by atoms with Gasteiger partial charge in [0.05, 0.1) is 12.2 Å². The van der Waals surface area contributed by atoms with E-state index in [2.05, 4.69) is 20.9 Å². The number of aliphatic hydroxyl groups excluding tert-OH is 1. The number of amides is 1. The molecule has 10 nitrogen and oxygen atoms in total. The highest BCUT2D eigenvalue weighted by Gasteiger charge is 2.54. The molecule has 4 aromatic rings. The van der Waals surface area contributed by atoms with E-state index in [0.29, 0.717) is 35.5 Å². The van der Waals surface area contributed by atoms with Crippen molar-refractivity contribution >= 4 is 17.5 Å². The van der Waals surface area contributed by atoms with Crippen LogP contribution in [0.15, 0.2) is 113 Å². The van der Waals surface area contributed by atoms with E-state index in [1.54, 1.807) is 48.5 Å². The second-order valence-corrected chi connectivity index (χ2v) is 10.7. The molecule has 0 bridgehead atoms. The number of aliphatic hydroxyl groups is 1. The molecule has 0 spiro atoms. The summed E-state index contributed by atoms with van der Waals surface area (Å²) in [5.74, 6) is 0.168. The molecule has 0 saturated heterocycles. The van der Waals surface area contributed by atoms with Gasteiger partial charge in [0.2, 0.25) is 5.90 Å². The van der Waals surface area contributed by atoms with E-state index in [-0.39, 0.29) is 31.2 Å². The highest BCUT2D eigenvalue weighted by molar-refractivity contribution is 6.01. The third kappa shape index (κ3) is 7.90. The molecule has 47 heavy (non-hydrogen) atoms. The maximum atomic E-state index is 14.3. The van der Waals surface area contributed by atoms with E-state index in [9.17, 15) is 23.5 Å². The molecule has 0 unspecified atom stereocenters. The zero-order chi connectivity index (χ0) is 33.3. The van der Waals surface area contributed by atoms with Crippen LogP contribution in [0, 0.1) is 0 Å². The molecule has 0 radical (unpaired) electrons. The summed E-state index contributed by atoms with van der Waals surface area (Å²) in [6, 6.07) is 27.5. The van der Waals surface area contributed by atoms with Gasteiger partial charge in [-0.2, -0.15) is 13.2 Å². The first-order valence-corrected chi connectivity index (χ1v) is 14.7. The summed E-state index contributed by atoms with van der Waals surface area (Å²) >= 11 is 0. The Hall–Kier alpha value is -5.36. The number of halogens is 3. The Morgan fingerprint density at radius 3 is 2.36 bits per heavy atom. The summed E-state index contributed by atoms with van der Waals surface area (Å²) in [7, 11) is 0. The lowest BCUT2D eigenvalue weighted by atomic mass is 9.81. The molecule has 5 rings (SSSR count). The summed E-state index contributed by atoms with van der Waals surface area (Å²) < 4.78 is 51.2. The maximum Gasteiger partial charge on any atom is 0.416 e. The minimum atomic E-state index is -4.46. The summed E-state index contributed by atoms with van der Waals surface area (Å²) in [4.78, 5) is 22.2. The van der Waals surface area contributed by atoms with Gasteiger partial charge < -0.3 is 14.6 Å². The number of alkyl halides is 3. The van der Waals surface area contributed by atoms with Crippen molar-refractivity contribution in [3.63, 3.8) is 0 Å². The third-order valence-corrected chi connectivity index (χ3v) is 7.49. The lowest BCUT2D eigenvalue weighted by Gasteiger charge is -2.31. The molecule has 0 aliphatic carbocycles. The molecule has 3 N–H and O–H groups in total. The third-order valence-electron chi connectivity index (χ3n) is 7.49. The molecule has 4 aromatic carbocycles. The van der Waals surface area contributed by atoms with Crippen LogP contribution in [0.5, 0.6) is 5.75 Å². The van der Waals surface area contributed by atoms with Crippen molar-refractivity contribution in [3.05, 3.63) is 141 Å². The second kappa shape index (κ2) is 14.8. The quantitative estimate of drug-likeness (QED) is 0.0487. The molecule has 0 aromatic heterocycles. The fourth-order valence-electron chi connectivity index (χ4n) is 5.16. The van der Waals surface area contributed by atoms with Crippen LogP contribution < -0.4 is 15.6 Å². The molecule has 13 heteroatoms. The number of carbonyl (C=O) groups is 1. The van der Waals surface area contributed by atoms with Crippen molar-refractivity contribution in [2.75, 3.05) is 13.2 Å². The highest BCUT2D eigenvalue weighted by atomic mass is 19.4. The van der Waals surface area contributed by atoms with Crippen molar-refractivity contribution < 1.29 is 32.5 Å². The van der Waals surface area contributed by atoms with E-state index in [1.165, 1.54) is 12.1 Å². The van der Waals surface area contributed by atoms with Gasteiger partial charge in [0.25, 0.3) is 5.91 Å². The van der Waals surface area contributed by atoms with Gasteiger partial charge in [-0.3, -0.25) is 10.2 Å². The summed E-state index contributed by atoms with van der Waals surface area (Å²) in [5, 5.41) is 12.9. The van der Waals surface area contributed by atoms with Gasteiger partial charge in [-0.05, 0) is 53.1 Å². The fourth-order valence-corrected chi connectivity index (χ4v) is 5.16. The molecular formula is C34H31F3N6O4. The second-order valence-electron chi connectivity index (χ2n) is 10.7. The molecule has 2 atom stereocenters. The van der Waals surface area contributed by atoms with Gasteiger partial charge in [0.15, 0.2) is 11.6 Å². The average Bonchev–Trinajstić information content (AvgIpc) is 3.46. The number of carbonyl (C=O) groups excluding carboxylic acids is 1. The van der Waals surface area contributed by atoms with Crippen molar-refractivity contribution in [1.82, 2.24) is 10.9 Å². The van der Waals surface area contributed by atoms with Gasteiger partial charge >= 0.3 is 6.18 Å². The molecule has 1 amide bonds. The van der Waals surface area contributed by atoms with Crippen LogP contribution in [0.1, 0.15) is 40.3 Å². The summed E-state index contributed by atoms with van der Waals surface area (Å²) in [5.41, 5.74) is 14.9. The first kappa shape index (κ1) is 33.0. The minimum Gasteiger partial charge on any atom is -0.494 e. The number of azide groups is 1. The predicted molar refractivity (Wildman–Crippen MR) is 169 cm³/mol. The first-order chi connectivity index (χ1) is 22.7. The zero-order valence-electron chi connectivity index (χ0n) is 25.0. The molecule has 0 saturated carbocycles. The Kier molecular flexibility index (Phi) is 10.4. The first-order valence-electron chi connectivity index (χ1n) is 14.7. The number of aliphatic imine (C=N–C) groups is 1. The Morgan fingerprint density at radius 1 is 0.979 bits per heavy atom. The van der Waals surface area contributed by atoms with Crippen LogP contribution in [-0.2, 0) is 28.7 Å². The Bertz CT molecular complexity index is 1740. The number of ether oxygens (including phenoxy) is 2. The number of nitrogens with one attached hydrogen (secondary N) is 2. The molecule has 1 aliphatic rings. The molecule has 1 heterocycles. The van der Waals surface area contributed by atoms with Crippen molar-refractivity contribution in [3.8, 4) is 5.75 Å². The topological polar surface area (TPSA) is 141 Å². The number of hydrogen-bond acceptors (Lipinski definition) is 7. The van der Waals surface area contributed by atoms with E-state index in [0.717, 1.165) is 17.7 Å². The van der Waals surface area contributed by atoms with E-state index in [1.807, 2.05) is 30.3 Å². The van der Waals surface area contributed by atoms with Crippen LogP contribution in [0.25, 0.3) is 10.4 Å². The van der Waals surface area contributed by atoms with Gasteiger partial charge in [0, 0.05) is 47.7 Å². The van der Waals surface area contributed by atoms with Crippen LogP contribution in [0.3, 0.4) is 0 Å². The van der Waals surface area contributed by atoms with Crippen LogP contribution in [0.4, 0.5) is 18.9 Å². The largest absolute Gasteiger partial charge is 0.494 e. The van der Waals surface area contributed by atoms with Gasteiger partial charge in [-0.25, -0.2) is 10.4 Å². The van der Waals surface area contributed by atoms with Gasteiger partial charge in [-0.1, -0.05) is 71.8 Å². The number of rotatable bonds is 13. The van der Waals surface area contributed by atoms with Crippen LogP contribution in [-0.4, -0.2) is 35.7 Å². The molecule has 242 valence electrons. The maximum absolute atomic E-state index is 14.3. The van der Waals surface area contributed by atoms with Gasteiger partial charge in [0.1, 0.15) is 5.75 Å². The number of hydrazine groups is 1. The minimum absolute atomic E-state index is 0.00615. The van der Waals surface area contributed by atoms with Crippen LogP contribution >= 0.6 is 0 Å². The van der Waals surface area contributed by atoms with E-state index < -0.39 is 29.3 Å². The summed E-state index contributed by atoms with van der Waals surface area (Å²) in [6.45, 7) is 0.373. The van der Waals surface area contributed by atoms with Crippen LogP contribution in [0.2, 0.25) is 0 Å². The summed E-state index contributed by atoms with van der Waals surface area (Å²) in [6.07, 6.45) is -4.94. The fraction of sp³-hybridized carbons (Fsp3) is 0.235. The normalized spacial score (nSPS) is 17.3. The van der Waals surface area contributed by atoms with E-state index >= 15 is 0 Å². The average molecular weight is 645 g/mol. The molecular weight excluding hydrogens is 613 g/mol. The van der Waals surface area contributed by atoms with Crippen molar-refractivity contribution in [2.24, 2.45) is 10.1 Å². The van der Waals surface area contributed by atoms with E-state index in [4.69, 9.17) is 19.6 Å². The Balaban J connectivity index is 1.51. The van der Waals surface area contributed by atoms with Crippen molar-refractivity contribution in [2.45, 2.75) is 37.2 Å². The standard InChI is InChI=1S/C34H31F3N6O4/c35-34(36,37)26-15-11-24(12-16-26)22-39-42-32(45)33(21-23-7-2-1-3-8-23)30(28-9-4-5-10-29(28)41-43-38)47-31(40-33)25-13-17-27(18-14-25)46-20-6-19-44/h1-5,7-18,30,39,44H,6,19-22H2,(H,42,45)/t30-,33-/m0/s1. The predicted octanol–water partition coefficient (Wildman–Crippen LogP) is 6.73. The molecule has 0 fully saturated rings. The monoisotopic (exact) mass is 644 g/mol. The zero-order valence-corrected chi connectivity index (χ0v) is 25.0. The molecule has 1 aliphatic heterocycles. The smallest absolute Gasteiger partial charge is 0.416 e.